The van der Waals surface area contributed by atoms with Gasteiger partial charge in [0.15, 0.2) is 5.82 Å². The van der Waals surface area contributed by atoms with Gasteiger partial charge in [-0.15, -0.1) is 0 Å². The van der Waals surface area contributed by atoms with Crippen LogP contribution in [0.3, 0.4) is 0 Å². The van der Waals surface area contributed by atoms with E-state index in [4.69, 9.17) is 10.2 Å². The largest absolute Gasteiger partial charge is 0.355 e. The summed E-state index contributed by atoms with van der Waals surface area (Å²) in [6.07, 6.45) is 5.36. The van der Waals surface area contributed by atoms with Gasteiger partial charge in [0, 0.05) is 60.3 Å². The van der Waals surface area contributed by atoms with E-state index in [0.717, 1.165) is 71.7 Å². The molecule has 0 radical (unpaired) electrons. The Kier molecular flexibility index (Phi) is 4.80. The number of aromatic nitrogens is 3. The van der Waals surface area contributed by atoms with Crippen molar-refractivity contribution in [2.24, 2.45) is 5.92 Å². The molecule has 6 nitrogen and oxygen atoms in total. The third-order valence-electron chi connectivity index (χ3n) is 5.91. The molecule has 2 saturated heterocycles. The lowest BCUT2D eigenvalue weighted by Crippen LogP contribution is -2.47. The number of hydrogen-bond donors (Lipinski definition) is 0. The van der Waals surface area contributed by atoms with Crippen LogP contribution in [0.1, 0.15) is 24.5 Å². The van der Waals surface area contributed by atoms with Crippen LogP contribution < -0.4 is 9.80 Å². The SMILES string of the molecule is N#CC1CCN(c2nccnc2C2CN(c3ccc4ccc(Br)cc4n3)C2)CC1. The number of halogens is 1. The molecule has 0 spiro atoms. The highest BCUT2D eigenvalue weighted by atomic mass is 79.9. The molecule has 2 aliphatic heterocycles. The van der Waals surface area contributed by atoms with E-state index in [1.54, 1.807) is 12.4 Å². The van der Waals surface area contributed by atoms with Gasteiger partial charge in [-0.2, -0.15) is 5.26 Å². The lowest BCUT2D eigenvalue weighted by molar-refractivity contribution is 0.473. The van der Waals surface area contributed by atoms with E-state index in [0.29, 0.717) is 5.92 Å². The Hall–Kier alpha value is -2.72. The van der Waals surface area contributed by atoms with Crippen LogP contribution in [-0.4, -0.2) is 41.1 Å². The average Bonchev–Trinajstić information content (AvgIpc) is 2.73. The Morgan fingerprint density at radius 2 is 1.76 bits per heavy atom. The van der Waals surface area contributed by atoms with Crippen molar-refractivity contribution in [3.63, 3.8) is 0 Å². The second-order valence-electron chi connectivity index (χ2n) is 7.76. The van der Waals surface area contributed by atoms with E-state index in [9.17, 15) is 0 Å². The monoisotopic (exact) mass is 448 g/mol. The molecule has 0 bridgehead atoms. The molecule has 0 saturated carbocycles. The molecule has 0 N–H and O–H groups in total. The van der Waals surface area contributed by atoms with Crippen LogP contribution in [0.2, 0.25) is 0 Å². The maximum Gasteiger partial charge on any atom is 0.150 e. The third-order valence-corrected chi connectivity index (χ3v) is 6.41. The second kappa shape index (κ2) is 7.60. The fraction of sp³-hybridized carbons (Fsp3) is 0.364. The van der Waals surface area contributed by atoms with Crippen LogP contribution in [0.5, 0.6) is 0 Å². The topological polar surface area (TPSA) is 68.9 Å². The fourth-order valence-electron chi connectivity index (χ4n) is 4.19. The molecule has 2 aliphatic rings. The van der Waals surface area contributed by atoms with E-state index in [1.165, 1.54) is 0 Å². The van der Waals surface area contributed by atoms with Crippen molar-refractivity contribution in [3.05, 3.63) is 52.9 Å². The molecule has 146 valence electrons. The van der Waals surface area contributed by atoms with Crippen molar-refractivity contribution < 1.29 is 0 Å². The molecule has 2 fully saturated rings. The fourth-order valence-corrected chi connectivity index (χ4v) is 4.54. The predicted octanol–water partition coefficient (Wildman–Crippen LogP) is 4.13. The first kappa shape index (κ1) is 18.3. The third kappa shape index (κ3) is 3.53. The highest BCUT2D eigenvalue weighted by Crippen LogP contribution is 2.35. The molecule has 2 aromatic heterocycles. The molecule has 3 aromatic rings. The van der Waals surface area contributed by atoms with Crippen LogP contribution in [0, 0.1) is 17.2 Å². The van der Waals surface area contributed by atoms with Crippen molar-refractivity contribution in [2.45, 2.75) is 18.8 Å². The number of pyridine rings is 1. The van der Waals surface area contributed by atoms with Gasteiger partial charge < -0.3 is 9.80 Å². The number of anilines is 2. The van der Waals surface area contributed by atoms with Crippen molar-refractivity contribution >= 4 is 38.5 Å². The predicted molar refractivity (Wildman–Crippen MR) is 117 cm³/mol. The lowest BCUT2D eigenvalue weighted by atomic mass is 9.94. The Labute approximate surface area is 178 Å². The van der Waals surface area contributed by atoms with Crippen LogP contribution in [0.25, 0.3) is 10.9 Å². The summed E-state index contributed by atoms with van der Waals surface area (Å²) in [6.45, 7) is 3.54. The highest BCUT2D eigenvalue weighted by Gasteiger charge is 2.34. The molecular formula is C22H21BrN6. The first-order chi connectivity index (χ1) is 14.2. The summed E-state index contributed by atoms with van der Waals surface area (Å²) >= 11 is 3.53. The van der Waals surface area contributed by atoms with Crippen molar-refractivity contribution in [1.29, 1.82) is 5.26 Å². The standard InChI is InChI=1S/C22H21BrN6/c23-18-3-1-16-2-4-20(27-19(16)11-18)29-13-17(14-29)21-22(26-8-7-25-21)28-9-5-15(12-24)6-10-28/h1-4,7-8,11,15,17H,5-6,9-10,13-14H2. The molecular weight excluding hydrogens is 428 g/mol. The van der Waals surface area contributed by atoms with Crippen molar-refractivity contribution in [1.82, 2.24) is 15.0 Å². The van der Waals surface area contributed by atoms with Gasteiger partial charge in [0.2, 0.25) is 0 Å². The van der Waals surface area contributed by atoms with Gasteiger partial charge in [0.1, 0.15) is 5.82 Å². The Morgan fingerprint density at radius 3 is 2.55 bits per heavy atom. The summed E-state index contributed by atoms with van der Waals surface area (Å²) in [7, 11) is 0. The highest BCUT2D eigenvalue weighted by molar-refractivity contribution is 9.10. The van der Waals surface area contributed by atoms with Crippen molar-refractivity contribution in [3.8, 4) is 6.07 Å². The summed E-state index contributed by atoms with van der Waals surface area (Å²) in [6, 6.07) is 12.8. The molecule has 29 heavy (non-hydrogen) atoms. The maximum atomic E-state index is 9.15. The normalized spacial score (nSPS) is 17.9. The van der Waals surface area contributed by atoms with E-state index in [2.05, 4.69) is 66.0 Å². The van der Waals surface area contributed by atoms with Gasteiger partial charge in [-0.3, -0.25) is 4.98 Å². The van der Waals surface area contributed by atoms with E-state index in [1.807, 2.05) is 6.07 Å². The van der Waals surface area contributed by atoms with Gasteiger partial charge in [-0.05, 0) is 37.1 Å². The molecule has 0 aliphatic carbocycles. The molecule has 1 aromatic carbocycles. The summed E-state index contributed by atoms with van der Waals surface area (Å²) < 4.78 is 1.04. The van der Waals surface area contributed by atoms with E-state index >= 15 is 0 Å². The molecule has 0 amide bonds. The zero-order valence-corrected chi connectivity index (χ0v) is 17.6. The minimum atomic E-state index is 0.171. The maximum absolute atomic E-state index is 9.15. The summed E-state index contributed by atoms with van der Waals surface area (Å²) in [5, 5.41) is 10.3. The lowest BCUT2D eigenvalue weighted by Gasteiger charge is -2.41. The zero-order chi connectivity index (χ0) is 19.8. The number of fused-ring (bicyclic) bond motifs is 1. The first-order valence-corrected chi connectivity index (χ1v) is 10.8. The van der Waals surface area contributed by atoms with Crippen molar-refractivity contribution in [2.75, 3.05) is 36.0 Å². The second-order valence-corrected chi connectivity index (χ2v) is 8.68. The Bertz CT molecular complexity index is 1080. The number of nitriles is 1. The Balaban J connectivity index is 1.32. The number of benzene rings is 1. The van der Waals surface area contributed by atoms with Crippen LogP contribution in [-0.2, 0) is 0 Å². The minimum absolute atomic E-state index is 0.171. The summed E-state index contributed by atoms with van der Waals surface area (Å²) in [5.41, 5.74) is 2.07. The van der Waals surface area contributed by atoms with Crippen LogP contribution in [0.4, 0.5) is 11.6 Å². The van der Waals surface area contributed by atoms with E-state index in [-0.39, 0.29) is 5.92 Å². The molecule has 7 heteroatoms. The van der Waals surface area contributed by atoms with Crippen LogP contribution >= 0.6 is 15.9 Å². The van der Waals surface area contributed by atoms with Gasteiger partial charge in [0.05, 0.1) is 17.3 Å². The summed E-state index contributed by atoms with van der Waals surface area (Å²) in [4.78, 5) is 18.8. The minimum Gasteiger partial charge on any atom is -0.355 e. The first-order valence-electron chi connectivity index (χ1n) is 9.98. The average molecular weight is 449 g/mol. The van der Waals surface area contributed by atoms with Gasteiger partial charge in [-0.1, -0.05) is 22.0 Å². The van der Waals surface area contributed by atoms with Gasteiger partial charge in [-0.25, -0.2) is 9.97 Å². The number of nitrogens with zero attached hydrogens (tertiary/aromatic N) is 6. The molecule has 0 unspecified atom stereocenters. The number of rotatable bonds is 3. The smallest absolute Gasteiger partial charge is 0.150 e. The number of piperidine rings is 1. The van der Waals surface area contributed by atoms with E-state index < -0.39 is 0 Å². The quantitative estimate of drug-likeness (QED) is 0.599. The summed E-state index contributed by atoms with van der Waals surface area (Å²) in [5.74, 6) is 2.52. The van der Waals surface area contributed by atoms with Crippen LogP contribution in [0.15, 0.2) is 47.2 Å². The van der Waals surface area contributed by atoms with Gasteiger partial charge in [0.25, 0.3) is 0 Å². The molecule has 0 atom stereocenters. The van der Waals surface area contributed by atoms with Gasteiger partial charge >= 0.3 is 0 Å². The molecule has 4 heterocycles. The zero-order valence-electron chi connectivity index (χ0n) is 16.0. The number of hydrogen-bond acceptors (Lipinski definition) is 6. The molecule has 5 rings (SSSR count). The Morgan fingerprint density at radius 1 is 1.00 bits per heavy atom.